The highest BCUT2D eigenvalue weighted by atomic mass is 15.0. The fraction of sp³-hybridized carbons (Fsp3) is 0. The largest absolute Gasteiger partial charge is 0.309 e. The first-order valence-corrected chi connectivity index (χ1v) is 18.9. The van der Waals surface area contributed by atoms with Gasteiger partial charge in [-0.3, -0.25) is 0 Å². The maximum atomic E-state index is 4.97. The van der Waals surface area contributed by atoms with Crippen LogP contribution in [0.15, 0.2) is 200 Å². The molecule has 11 rings (SSSR count). The summed E-state index contributed by atoms with van der Waals surface area (Å²) in [6.45, 7) is 0. The van der Waals surface area contributed by atoms with E-state index in [1.807, 2.05) is 60.7 Å². The van der Waals surface area contributed by atoms with Gasteiger partial charge in [0.2, 0.25) is 0 Å². The van der Waals surface area contributed by atoms with Crippen LogP contribution in [0.2, 0.25) is 0 Å². The number of para-hydroxylation sites is 3. The number of aromatic nitrogens is 5. The molecule has 0 bridgehead atoms. The Morgan fingerprint density at radius 2 is 0.679 bits per heavy atom. The lowest BCUT2D eigenvalue weighted by molar-refractivity contribution is 1.07. The van der Waals surface area contributed by atoms with Crippen LogP contribution in [0.4, 0.5) is 0 Å². The van der Waals surface area contributed by atoms with Crippen molar-refractivity contribution in [2.75, 3.05) is 0 Å². The Bertz CT molecular complexity index is 3160. The lowest BCUT2D eigenvalue weighted by Gasteiger charge is -2.11. The highest BCUT2D eigenvalue weighted by Gasteiger charge is 2.20. The molecule has 0 atom stereocenters. The van der Waals surface area contributed by atoms with Gasteiger partial charge >= 0.3 is 0 Å². The topological polar surface area (TPSA) is 48.5 Å². The summed E-state index contributed by atoms with van der Waals surface area (Å²) in [6.07, 6.45) is 0. The van der Waals surface area contributed by atoms with Crippen molar-refractivity contribution >= 4 is 43.6 Å². The van der Waals surface area contributed by atoms with Gasteiger partial charge in [-0.05, 0) is 65.7 Å². The minimum absolute atomic E-state index is 0.640. The van der Waals surface area contributed by atoms with Crippen LogP contribution in [0.1, 0.15) is 0 Å². The number of benzene rings is 8. The predicted molar refractivity (Wildman–Crippen MR) is 230 cm³/mol. The first-order valence-electron chi connectivity index (χ1n) is 18.9. The predicted octanol–water partition coefficient (Wildman–Crippen LogP) is 12.7. The van der Waals surface area contributed by atoms with Crippen molar-refractivity contribution in [3.8, 4) is 56.7 Å². The molecule has 0 radical (unpaired) electrons. The zero-order chi connectivity index (χ0) is 37.0. The van der Waals surface area contributed by atoms with Crippen LogP contribution in [0.3, 0.4) is 0 Å². The number of hydrogen-bond donors (Lipinski definition) is 0. The van der Waals surface area contributed by atoms with Gasteiger partial charge in [0, 0.05) is 49.6 Å². The van der Waals surface area contributed by atoms with E-state index in [9.17, 15) is 0 Å². The number of fused-ring (bicyclic) bond motifs is 7. The molecular weight excluding hydrogens is 683 g/mol. The molecule has 3 heterocycles. The van der Waals surface area contributed by atoms with Gasteiger partial charge in [0.15, 0.2) is 17.5 Å². The molecular formula is C51H33N5. The highest BCUT2D eigenvalue weighted by Crippen LogP contribution is 2.42. The van der Waals surface area contributed by atoms with Crippen LogP contribution in [0.5, 0.6) is 0 Å². The van der Waals surface area contributed by atoms with Gasteiger partial charge in [-0.2, -0.15) is 0 Å². The van der Waals surface area contributed by atoms with Gasteiger partial charge in [-0.25, -0.2) is 15.0 Å². The van der Waals surface area contributed by atoms with Crippen LogP contribution in [0, 0.1) is 0 Å². The van der Waals surface area contributed by atoms with Crippen molar-refractivity contribution in [2.24, 2.45) is 0 Å². The van der Waals surface area contributed by atoms with Gasteiger partial charge in [-0.15, -0.1) is 0 Å². The van der Waals surface area contributed by atoms with E-state index in [-0.39, 0.29) is 0 Å². The van der Waals surface area contributed by atoms with Crippen molar-refractivity contribution < 1.29 is 0 Å². The molecule has 11 aromatic rings. The van der Waals surface area contributed by atoms with Gasteiger partial charge in [0.25, 0.3) is 0 Å². The molecule has 0 aliphatic heterocycles. The van der Waals surface area contributed by atoms with Crippen molar-refractivity contribution in [1.82, 2.24) is 24.1 Å². The smallest absolute Gasteiger partial charge is 0.164 e. The number of nitrogens with zero attached hydrogens (tertiary/aromatic N) is 5. The Labute approximate surface area is 323 Å². The van der Waals surface area contributed by atoms with E-state index in [2.05, 4.69) is 149 Å². The van der Waals surface area contributed by atoms with Gasteiger partial charge < -0.3 is 9.13 Å². The van der Waals surface area contributed by atoms with E-state index >= 15 is 0 Å². The Balaban J connectivity index is 1.03. The molecule has 0 unspecified atom stereocenters. The molecule has 56 heavy (non-hydrogen) atoms. The molecule has 5 nitrogen and oxygen atoms in total. The summed E-state index contributed by atoms with van der Waals surface area (Å²) in [5.41, 5.74) is 12.1. The molecule has 0 N–H and O–H groups in total. The zero-order valence-electron chi connectivity index (χ0n) is 30.3. The summed E-state index contributed by atoms with van der Waals surface area (Å²) < 4.78 is 4.79. The summed E-state index contributed by atoms with van der Waals surface area (Å²) in [5.74, 6) is 1.94. The fourth-order valence-electron chi connectivity index (χ4n) is 8.23. The Morgan fingerprint density at radius 1 is 0.268 bits per heavy atom. The Morgan fingerprint density at radius 3 is 1.21 bits per heavy atom. The van der Waals surface area contributed by atoms with Crippen LogP contribution in [-0.4, -0.2) is 24.1 Å². The second-order valence-corrected chi connectivity index (χ2v) is 14.1. The van der Waals surface area contributed by atoms with Crippen LogP contribution >= 0.6 is 0 Å². The third-order valence-corrected chi connectivity index (χ3v) is 10.8. The third-order valence-electron chi connectivity index (χ3n) is 10.8. The van der Waals surface area contributed by atoms with Crippen LogP contribution in [0.25, 0.3) is 100 Å². The van der Waals surface area contributed by atoms with Crippen molar-refractivity contribution in [3.63, 3.8) is 0 Å². The molecule has 8 aromatic carbocycles. The van der Waals surface area contributed by atoms with Gasteiger partial charge in [0.05, 0.1) is 22.1 Å². The first-order chi connectivity index (χ1) is 27.8. The summed E-state index contributed by atoms with van der Waals surface area (Å²) in [7, 11) is 0. The average molecular weight is 716 g/mol. The molecule has 0 aliphatic rings. The number of hydrogen-bond acceptors (Lipinski definition) is 3. The van der Waals surface area contributed by atoms with Gasteiger partial charge in [-0.1, -0.05) is 146 Å². The molecule has 0 amide bonds. The second kappa shape index (κ2) is 13.0. The van der Waals surface area contributed by atoms with E-state index in [1.54, 1.807) is 0 Å². The average Bonchev–Trinajstić information content (AvgIpc) is 3.80. The van der Waals surface area contributed by atoms with E-state index in [4.69, 9.17) is 15.0 Å². The van der Waals surface area contributed by atoms with E-state index in [0.29, 0.717) is 17.5 Å². The summed E-state index contributed by atoms with van der Waals surface area (Å²) >= 11 is 0. The highest BCUT2D eigenvalue weighted by molar-refractivity contribution is 6.28. The molecule has 0 fully saturated rings. The monoisotopic (exact) mass is 715 g/mol. The Kier molecular flexibility index (Phi) is 7.42. The van der Waals surface area contributed by atoms with Crippen molar-refractivity contribution in [2.45, 2.75) is 0 Å². The minimum atomic E-state index is 0.640. The molecule has 0 spiro atoms. The van der Waals surface area contributed by atoms with E-state index < -0.39 is 0 Å². The Hall–Kier alpha value is -7.63. The summed E-state index contributed by atoms with van der Waals surface area (Å²) in [6, 6.07) is 70.3. The lowest BCUT2D eigenvalue weighted by Crippen LogP contribution is -2.00. The standard InChI is InChI=1S/C51H33N5/c1-4-15-35(16-5-1)49-52-50(36-17-6-2-7-18-36)54-51(53-49)38-20-14-19-37(33-38)34-27-29-40(30-28-34)56-44-26-13-11-24-42(44)48-46(56)32-31-45-47(48)41-23-10-12-25-43(41)55(45)39-21-8-3-9-22-39/h1-33H. The maximum Gasteiger partial charge on any atom is 0.164 e. The fourth-order valence-corrected chi connectivity index (χ4v) is 8.23. The van der Waals surface area contributed by atoms with Crippen molar-refractivity contribution in [1.29, 1.82) is 0 Å². The minimum Gasteiger partial charge on any atom is -0.309 e. The number of rotatable bonds is 6. The van der Waals surface area contributed by atoms with Crippen LogP contribution in [-0.2, 0) is 0 Å². The zero-order valence-corrected chi connectivity index (χ0v) is 30.3. The quantitative estimate of drug-likeness (QED) is 0.172. The molecule has 3 aromatic heterocycles. The lowest BCUT2D eigenvalue weighted by atomic mass is 10.0. The van der Waals surface area contributed by atoms with E-state index in [0.717, 1.165) is 39.2 Å². The summed E-state index contributed by atoms with van der Waals surface area (Å²) in [4.78, 5) is 14.8. The van der Waals surface area contributed by atoms with Crippen molar-refractivity contribution in [3.05, 3.63) is 200 Å². The van der Waals surface area contributed by atoms with Crippen LogP contribution < -0.4 is 0 Å². The molecule has 0 saturated heterocycles. The normalized spacial score (nSPS) is 11.6. The molecule has 0 aliphatic carbocycles. The van der Waals surface area contributed by atoms with Gasteiger partial charge in [0.1, 0.15) is 0 Å². The first kappa shape index (κ1) is 31.9. The maximum absolute atomic E-state index is 4.97. The SMILES string of the molecule is c1ccc(-c2nc(-c3ccccc3)nc(-c3cccc(-c4ccc(-n5c6ccccc6c6c7c8ccccc8n(-c8ccccc8)c7ccc65)cc4)c3)n2)cc1. The molecule has 0 saturated carbocycles. The summed E-state index contributed by atoms with van der Waals surface area (Å²) in [5, 5.41) is 5.03. The molecule has 5 heteroatoms. The molecule has 262 valence electrons. The second-order valence-electron chi connectivity index (χ2n) is 14.1. The third kappa shape index (κ3) is 5.21. The van der Waals surface area contributed by atoms with E-state index in [1.165, 1.54) is 43.6 Å².